The fourth-order valence-corrected chi connectivity index (χ4v) is 7.92. The number of hydrogen-bond donors (Lipinski definition) is 4. The van der Waals surface area contributed by atoms with Gasteiger partial charge in [-0.25, -0.2) is 0 Å². The zero-order valence-electron chi connectivity index (χ0n) is 32.9. The maximum absolute atomic E-state index is 4.98. The fraction of sp³-hybridized carbons (Fsp3) is 0.304. The molecular formula is C46H52N8. The van der Waals surface area contributed by atoms with Crippen LogP contribution in [0.2, 0.25) is 0 Å². The van der Waals surface area contributed by atoms with E-state index < -0.39 is 0 Å². The average Bonchev–Trinajstić information content (AvgIpc) is 4.02. The second-order valence-corrected chi connectivity index (χ2v) is 14.8. The summed E-state index contributed by atoms with van der Waals surface area (Å²) in [5, 5.41) is 0. The van der Waals surface area contributed by atoms with Crippen molar-refractivity contribution >= 4 is 47.6 Å². The first-order valence-electron chi connectivity index (χ1n) is 19.3. The van der Waals surface area contributed by atoms with Crippen molar-refractivity contribution in [1.82, 2.24) is 19.9 Å². The van der Waals surface area contributed by atoms with E-state index in [4.69, 9.17) is 20.0 Å². The Morgan fingerprint density at radius 3 is 0.796 bits per heavy atom. The molecule has 8 heteroatoms. The van der Waals surface area contributed by atoms with E-state index in [1.54, 1.807) is 0 Å². The lowest BCUT2D eigenvalue weighted by Gasteiger charge is -2.30. The quantitative estimate of drug-likeness (QED) is 0.139. The van der Waals surface area contributed by atoms with Gasteiger partial charge in [0.2, 0.25) is 0 Å². The first-order valence-corrected chi connectivity index (χ1v) is 19.3. The molecule has 1 aliphatic heterocycles. The van der Waals surface area contributed by atoms with E-state index in [1.807, 2.05) is 24.9 Å². The third kappa shape index (κ3) is 6.77. The van der Waals surface area contributed by atoms with Crippen LogP contribution in [-0.2, 0) is 10.8 Å². The number of aryl methyl sites for hydroxylation is 4. The molecule has 5 heterocycles. The molecule has 0 aliphatic carbocycles. The van der Waals surface area contributed by atoms with Crippen molar-refractivity contribution in [2.45, 2.75) is 91.9 Å². The molecule has 0 unspecified atom stereocenters. The number of nitrogens with one attached hydrogen (secondary N) is 4. The second-order valence-electron chi connectivity index (χ2n) is 14.8. The monoisotopic (exact) mass is 716 g/mol. The Bertz CT molecular complexity index is 2070. The lowest BCUT2D eigenvalue weighted by atomic mass is 9.76. The maximum Gasteiger partial charge on any atom is 0.0889 e. The van der Waals surface area contributed by atoms with Crippen LogP contribution in [0.25, 0.3) is 0 Å². The maximum atomic E-state index is 4.98. The van der Waals surface area contributed by atoms with Crippen molar-refractivity contribution in [3.63, 3.8) is 0 Å². The molecule has 2 aromatic carbocycles. The van der Waals surface area contributed by atoms with Gasteiger partial charge in [0.25, 0.3) is 0 Å². The van der Waals surface area contributed by atoms with Crippen molar-refractivity contribution in [1.29, 1.82) is 0 Å². The molecule has 6 aromatic rings. The fourth-order valence-electron chi connectivity index (χ4n) is 7.92. The largest absolute Gasteiger partial charge is 0.357 e. The van der Waals surface area contributed by atoms with E-state index in [0.29, 0.717) is 0 Å². The highest BCUT2D eigenvalue weighted by molar-refractivity contribution is 5.87. The van der Waals surface area contributed by atoms with Crippen LogP contribution in [0, 0.1) is 27.7 Å². The average molecular weight is 717 g/mol. The highest BCUT2D eigenvalue weighted by Crippen LogP contribution is 2.40. The van der Waals surface area contributed by atoms with Crippen LogP contribution in [0.5, 0.6) is 0 Å². The van der Waals surface area contributed by atoms with Gasteiger partial charge >= 0.3 is 0 Å². The molecule has 54 heavy (non-hydrogen) atoms. The number of benzene rings is 2. The van der Waals surface area contributed by atoms with Gasteiger partial charge in [-0.1, -0.05) is 27.7 Å². The number of fused-ring (bicyclic) bond motifs is 10. The van der Waals surface area contributed by atoms with Crippen LogP contribution in [0.15, 0.2) is 92.8 Å². The van der Waals surface area contributed by atoms with E-state index in [9.17, 15) is 0 Å². The smallest absolute Gasteiger partial charge is 0.0889 e. The minimum Gasteiger partial charge on any atom is -0.357 e. The highest BCUT2D eigenvalue weighted by atomic mass is 14.9. The number of aliphatic imine (C=N–C) groups is 4. The minimum absolute atomic E-state index is 0.230. The Hall–Kier alpha value is -5.76. The second kappa shape index (κ2) is 14.9. The van der Waals surface area contributed by atoms with Crippen molar-refractivity contribution in [3.8, 4) is 0 Å². The minimum atomic E-state index is -0.230. The normalized spacial score (nSPS) is 15.0. The molecule has 0 saturated carbocycles. The van der Waals surface area contributed by atoms with Gasteiger partial charge in [-0.3, -0.25) is 20.0 Å². The van der Waals surface area contributed by atoms with Crippen LogP contribution in [0.4, 0.5) is 22.7 Å². The lowest BCUT2D eigenvalue weighted by Crippen LogP contribution is -2.27. The number of nitrogens with zero attached hydrogens (tertiary/aromatic N) is 4. The Morgan fingerprint density at radius 1 is 0.370 bits per heavy atom. The zero-order valence-corrected chi connectivity index (χ0v) is 32.9. The first kappa shape index (κ1) is 36.6. The van der Waals surface area contributed by atoms with Crippen molar-refractivity contribution in [2.24, 2.45) is 20.0 Å². The molecule has 0 atom stereocenters. The number of aromatic amines is 4. The molecule has 1 aliphatic rings. The van der Waals surface area contributed by atoms with Gasteiger partial charge in [0, 0.05) is 33.6 Å². The van der Waals surface area contributed by atoms with Crippen LogP contribution in [-0.4, -0.2) is 44.8 Å². The van der Waals surface area contributed by atoms with Gasteiger partial charge in [-0.05, 0) is 148 Å². The SMILES string of the molecule is CCC1(CC)c2ccc([nH]2)C=Nc2cc(C)c(C)cc2N=Cc2ccc([nH]2)C(CC)(CC)c2ccc([nH]2)C=Nc2cc(C)c(C)cc2N=Cc2ccc1[nH]2. The van der Waals surface area contributed by atoms with Crippen molar-refractivity contribution in [3.05, 3.63) is 141 Å². The van der Waals surface area contributed by atoms with E-state index in [0.717, 1.165) is 94.0 Å². The van der Waals surface area contributed by atoms with Gasteiger partial charge in [0.1, 0.15) is 0 Å². The predicted octanol–water partition coefficient (Wildman–Crippen LogP) is 11.8. The van der Waals surface area contributed by atoms with Gasteiger partial charge < -0.3 is 19.9 Å². The Balaban J connectivity index is 1.37. The Labute approximate surface area is 319 Å². The molecule has 0 radical (unpaired) electrons. The summed E-state index contributed by atoms with van der Waals surface area (Å²) in [7, 11) is 0. The molecule has 4 N–H and O–H groups in total. The summed E-state index contributed by atoms with van der Waals surface area (Å²) in [5.74, 6) is 0. The van der Waals surface area contributed by atoms with Crippen LogP contribution >= 0.6 is 0 Å². The third-order valence-electron chi connectivity index (χ3n) is 11.9. The van der Waals surface area contributed by atoms with E-state index in [1.165, 1.54) is 22.3 Å². The molecule has 276 valence electrons. The van der Waals surface area contributed by atoms with Crippen LogP contribution in [0.1, 0.15) is 121 Å². The van der Waals surface area contributed by atoms with Crippen molar-refractivity contribution < 1.29 is 0 Å². The van der Waals surface area contributed by atoms with Gasteiger partial charge in [0.15, 0.2) is 0 Å². The molecular weight excluding hydrogens is 665 g/mol. The predicted molar refractivity (Wildman–Crippen MR) is 227 cm³/mol. The standard InChI is InChI=1S/C46H52N8/c1-9-45(10-2)41-17-13-33(51-41)25-47-37-21-29(5)31(7)23-39(37)49-27-35-15-19-43(53-35)46(11-3,12-4)44-20-16-36(54-44)28-50-40-24-32(8)30(6)22-38(40)48-26-34-14-18-42(45)52-34/h13-28,51-54H,9-12H2,1-8H3. The summed E-state index contributed by atoms with van der Waals surface area (Å²) >= 11 is 0. The number of rotatable bonds is 4. The first-order chi connectivity index (χ1) is 26.1. The summed E-state index contributed by atoms with van der Waals surface area (Å²) in [6.45, 7) is 17.5. The summed E-state index contributed by atoms with van der Waals surface area (Å²) in [5.41, 5.74) is 15.9. The van der Waals surface area contributed by atoms with Gasteiger partial charge in [0.05, 0.1) is 70.4 Å². The third-order valence-corrected chi connectivity index (χ3v) is 11.9. The topological polar surface area (TPSA) is 113 Å². The highest BCUT2D eigenvalue weighted by Gasteiger charge is 2.34. The molecule has 7 rings (SSSR count). The summed E-state index contributed by atoms with van der Waals surface area (Å²) in [4.78, 5) is 34.7. The molecule has 8 bridgehead atoms. The summed E-state index contributed by atoms with van der Waals surface area (Å²) in [6, 6.07) is 25.7. The summed E-state index contributed by atoms with van der Waals surface area (Å²) in [6.07, 6.45) is 11.3. The van der Waals surface area contributed by atoms with Crippen molar-refractivity contribution in [2.75, 3.05) is 0 Å². The van der Waals surface area contributed by atoms with Crippen LogP contribution in [0.3, 0.4) is 0 Å². The summed E-state index contributed by atoms with van der Waals surface area (Å²) < 4.78 is 0. The van der Waals surface area contributed by atoms with Gasteiger partial charge in [-0.15, -0.1) is 0 Å². The van der Waals surface area contributed by atoms with Gasteiger partial charge in [-0.2, -0.15) is 0 Å². The molecule has 4 aromatic heterocycles. The molecule has 0 saturated heterocycles. The van der Waals surface area contributed by atoms with E-state index >= 15 is 0 Å². The van der Waals surface area contributed by atoms with E-state index in [2.05, 4.69) is 148 Å². The Kier molecular flexibility index (Phi) is 10.1. The Morgan fingerprint density at radius 2 is 0.593 bits per heavy atom. The molecule has 0 spiro atoms. The molecule has 0 fully saturated rings. The van der Waals surface area contributed by atoms with E-state index in [-0.39, 0.29) is 10.8 Å². The van der Waals surface area contributed by atoms with Crippen LogP contribution < -0.4 is 0 Å². The molecule has 8 nitrogen and oxygen atoms in total. The number of aromatic nitrogens is 4. The number of hydrogen-bond acceptors (Lipinski definition) is 4. The zero-order chi connectivity index (χ0) is 38.0. The lowest BCUT2D eigenvalue weighted by molar-refractivity contribution is 0.455. The molecule has 0 amide bonds. The number of H-pyrrole nitrogens is 4.